The lowest BCUT2D eigenvalue weighted by Gasteiger charge is -2.15. The Labute approximate surface area is 99.4 Å². The minimum atomic E-state index is 1.20. The van der Waals surface area contributed by atoms with E-state index in [0.29, 0.717) is 0 Å². The average molecular weight is 217 g/mol. The molecule has 3 aromatic rings. The van der Waals surface area contributed by atoms with Crippen LogP contribution in [-0.2, 0) is 0 Å². The van der Waals surface area contributed by atoms with Gasteiger partial charge in [0.2, 0.25) is 0 Å². The molecule has 0 atom stereocenters. The number of fused-ring (bicyclic) bond motifs is 2. The molecule has 3 aromatic carbocycles. The molecule has 0 spiro atoms. The molecular formula is C16H11N. The van der Waals surface area contributed by atoms with Crippen LogP contribution in [-0.4, -0.2) is 0 Å². The van der Waals surface area contributed by atoms with E-state index in [9.17, 15) is 0 Å². The van der Waals surface area contributed by atoms with Crippen molar-refractivity contribution in [3.63, 3.8) is 0 Å². The predicted molar refractivity (Wildman–Crippen MR) is 74.1 cm³/mol. The van der Waals surface area contributed by atoms with Crippen LogP contribution in [0.1, 0.15) is 5.56 Å². The smallest absolute Gasteiger partial charge is 0.0465 e. The summed E-state index contributed by atoms with van der Waals surface area (Å²) in [6.45, 7) is 0. The van der Waals surface area contributed by atoms with Crippen LogP contribution < -0.4 is 5.32 Å². The number of benzene rings is 3. The summed E-state index contributed by atoms with van der Waals surface area (Å²) < 4.78 is 0. The van der Waals surface area contributed by atoms with Gasteiger partial charge in [-0.1, -0.05) is 36.4 Å². The van der Waals surface area contributed by atoms with Crippen LogP contribution in [0.4, 0.5) is 5.69 Å². The normalized spacial score (nSPS) is 12.9. The Morgan fingerprint density at radius 3 is 2.71 bits per heavy atom. The molecule has 0 unspecified atom stereocenters. The zero-order chi connectivity index (χ0) is 11.2. The highest BCUT2D eigenvalue weighted by Crippen LogP contribution is 2.36. The third kappa shape index (κ3) is 1.14. The Kier molecular flexibility index (Phi) is 1.61. The van der Waals surface area contributed by atoms with E-state index < -0.39 is 0 Å². The molecule has 1 nitrogen and oxygen atoms in total. The van der Waals surface area contributed by atoms with E-state index >= 15 is 0 Å². The molecular weight excluding hydrogens is 206 g/mol. The first-order valence-electron chi connectivity index (χ1n) is 5.81. The SMILES string of the molecule is C1=Cc2cc3ccccc3c3cccc(c23)N1. The van der Waals surface area contributed by atoms with Crippen molar-refractivity contribution in [3.8, 4) is 0 Å². The summed E-state index contributed by atoms with van der Waals surface area (Å²) in [5.74, 6) is 0. The van der Waals surface area contributed by atoms with Crippen molar-refractivity contribution in [1.29, 1.82) is 0 Å². The van der Waals surface area contributed by atoms with Gasteiger partial charge in [-0.3, -0.25) is 0 Å². The molecule has 0 saturated heterocycles. The highest BCUT2D eigenvalue weighted by atomic mass is 14.8. The number of hydrogen-bond acceptors (Lipinski definition) is 1. The van der Waals surface area contributed by atoms with Gasteiger partial charge in [-0.25, -0.2) is 0 Å². The first kappa shape index (κ1) is 8.82. The van der Waals surface area contributed by atoms with Gasteiger partial charge in [0.05, 0.1) is 0 Å². The fourth-order valence-electron chi connectivity index (χ4n) is 2.67. The number of hydrogen-bond donors (Lipinski definition) is 1. The van der Waals surface area contributed by atoms with Gasteiger partial charge in [-0.05, 0) is 39.9 Å². The molecule has 0 aromatic heterocycles. The highest BCUT2D eigenvalue weighted by Gasteiger charge is 2.10. The molecule has 0 saturated carbocycles. The molecule has 1 aliphatic rings. The van der Waals surface area contributed by atoms with Crippen molar-refractivity contribution in [3.05, 3.63) is 60.3 Å². The molecule has 1 heteroatoms. The largest absolute Gasteiger partial charge is 0.361 e. The van der Waals surface area contributed by atoms with Crippen LogP contribution in [0, 0.1) is 0 Å². The summed E-state index contributed by atoms with van der Waals surface area (Å²) in [5, 5.41) is 8.59. The second-order valence-corrected chi connectivity index (χ2v) is 4.39. The van der Waals surface area contributed by atoms with Crippen LogP contribution in [0.2, 0.25) is 0 Å². The third-order valence-electron chi connectivity index (χ3n) is 3.42. The fraction of sp³-hybridized carbons (Fsp3) is 0. The minimum Gasteiger partial charge on any atom is -0.361 e. The zero-order valence-electron chi connectivity index (χ0n) is 9.27. The molecule has 1 aliphatic heterocycles. The average Bonchev–Trinajstić information content (AvgIpc) is 2.39. The third-order valence-corrected chi connectivity index (χ3v) is 3.42. The van der Waals surface area contributed by atoms with Crippen molar-refractivity contribution in [1.82, 2.24) is 0 Å². The minimum absolute atomic E-state index is 1.20. The molecule has 80 valence electrons. The quantitative estimate of drug-likeness (QED) is 0.551. The van der Waals surface area contributed by atoms with Crippen LogP contribution >= 0.6 is 0 Å². The monoisotopic (exact) mass is 217 g/mol. The maximum atomic E-state index is 3.31. The number of rotatable bonds is 0. The lowest BCUT2D eigenvalue weighted by molar-refractivity contribution is 1.60. The summed E-state index contributed by atoms with van der Waals surface area (Å²) in [6.07, 6.45) is 4.15. The maximum Gasteiger partial charge on any atom is 0.0465 e. The zero-order valence-corrected chi connectivity index (χ0v) is 9.27. The second kappa shape index (κ2) is 3.11. The summed E-state index contributed by atoms with van der Waals surface area (Å²) >= 11 is 0. The van der Waals surface area contributed by atoms with E-state index in [0.717, 1.165) is 0 Å². The molecule has 0 bridgehead atoms. The summed E-state index contributed by atoms with van der Waals surface area (Å²) in [5.41, 5.74) is 2.50. The molecule has 4 rings (SSSR count). The molecule has 17 heavy (non-hydrogen) atoms. The summed E-state index contributed by atoms with van der Waals surface area (Å²) in [6, 6.07) is 17.3. The van der Waals surface area contributed by atoms with Crippen molar-refractivity contribution in [2.45, 2.75) is 0 Å². The topological polar surface area (TPSA) is 12.0 Å². The fourth-order valence-corrected chi connectivity index (χ4v) is 2.67. The Morgan fingerprint density at radius 1 is 0.824 bits per heavy atom. The van der Waals surface area contributed by atoms with Crippen LogP contribution in [0.25, 0.3) is 27.6 Å². The summed E-state index contributed by atoms with van der Waals surface area (Å²) in [4.78, 5) is 0. The lowest BCUT2D eigenvalue weighted by Crippen LogP contribution is -1.96. The van der Waals surface area contributed by atoms with Gasteiger partial charge >= 0.3 is 0 Å². The van der Waals surface area contributed by atoms with E-state index in [-0.39, 0.29) is 0 Å². The van der Waals surface area contributed by atoms with E-state index in [1.165, 1.54) is 32.8 Å². The van der Waals surface area contributed by atoms with Gasteiger partial charge in [0.15, 0.2) is 0 Å². The van der Waals surface area contributed by atoms with Crippen LogP contribution in [0.3, 0.4) is 0 Å². The van der Waals surface area contributed by atoms with Crippen LogP contribution in [0.15, 0.2) is 54.7 Å². The molecule has 1 heterocycles. The van der Waals surface area contributed by atoms with E-state index in [1.54, 1.807) is 0 Å². The van der Waals surface area contributed by atoms with Crippen molar-refractivity contribution >= 4 is 33.3 Å². The second-order valence-electron chi connectivity index (χ2n) is 4.39. The molecule has 0 fully saturated rings. The molecule has 0 radical (unpaired) electrons. The maximum absolute atomic E-state index is 3.31. The van der Waals surface area contributed by atoms with Crippen molar-refractivity contribution in [2.24, 2.45) is 0 Å². The van der Waals surface area contributed by atoms with Crippen molar-refractivity contribution < 1.29 is 0 Å². The lowest BCUT2D eigenvalue weighted by atomic mass is 9.95. The number of anilines is 1. The molecule has 0 aliphatic carbocycles. The molecule has 0 amide bonds. The molecule has 1 N–H and O–H groups in total. The predicted octanol–water partition coefficient (Wildman–Crippen LogP) is 4.39. The highest BCUT2D eigenvalue weighted by molar-refractivity contribution is 6.15. The van der Waals surface area contributed by atoms with Gasteiger partial charge < -0.3 is 5.32 Å². The first-order valence-corrected chi connectivity index (χ1v) is 5.81. The van der Waals surface area contributed by atoms with Crippen LogP contribution in [0.5, 0.6) is 0 Å². The van der Waals surface area contributed by atoms with Gasteiger partial charge in [0.25, 0.3) is 0 Å². The Hall–Kier alpha value is -2.28. The van der Waals surface area contributed by atoms with E-state index in [1.807, 2.05) is 6.20 Å². The van der Waals surface area contributed by atoms with E-state index in [2.05, 4.69) is 59.9 Å². The number of nitrogens with one attached hydrogen (secondary N) is 1. The van der Waals surface area contributed by atoms with E-state index in [4.69, 9.17) is 0 Å². The Morgan fingerprint density at radius 2 is 1.71 bits per heavy atom. The Balaban J connectivity index is 2.34. The van der Waals surface area contributed by atoms with Gasteiger partial charge in [-0.15, -0.1) is 0 Å². The van der Waals surface area contributed by atoms with Gasteiger partial charge in [0.1, 0.15) is 0 Å². The first-order chi connectivity index (χ1) is 8.43. The summed E-state index contributed by atoms with van der Waals surface area (Å²) in [7, 11) is 0. The van der Waals surface area contributed by atoms with Gasteiger partial charge in [-0.2, -0.15) is 0 Å². The van der Waals surface area contributed by atoms with Crippen molar-refractivity contribution in [2.75, 3.05) is 5.32 Å². The Bertz CT molecular complexity index is 769. The standard InChI is InChI=1S/C16H11N/c1-2-5-13-11(4-1)10-12-8-9-17-15-7-3-6-14(13)16(12)15/h1-10,17H. The van der Waals surface area contributed by atoms with Gasteiger partial charge in [0, 0.05) is 17.3 Å².